The van der Waals surface area contributed by atoms with E-state index >= 15 is 0 Å². The summed E-state index contributed by atoms with van der Waals surface area (Å²) in [4.78, 5) is 15.3. The minimum Gasteiger partial charge on any atom is -0.427 e. The minimum atomic E-state index is -1.19. The fraction of sp³-hybridized carbons (Fsp3) is 0.955. The second-order valence-electron chi connectivity index (χ2n) is 10.3. The van der Waals surface area contributed by atoms with Crippen LogP contribution in [0.25, 0.3) is 0 Å². The molecule has 6 atom stereocenters. The van der Waals surface area contributed by atoms with Gasteiger partial charge in [-0.2, -0.15) is 0 Å². The molecule has 29 heavy (non-hydrogen) atoms. The number of piperidine rings is 2. The summed E-state index contributed by atoms with van der Waals surface area (Å²) in [5.41, 5.74) is 5.92. The summed E-state index contributed by atoms with van der Waals surface area (Å²) in [6.07, 6.45) is 12.2. The molecule has 2 aliphatic heterocycles. The molecule has 4 rings (SSSR count). The summed E-state index contributed by atoms with van der Waals surface area (Å²) in [6.45, 7) is 2.66. The van der Waals surface area contributed by atoms with Crippen molar-refractivity contribution in [3.63, 3.8) is 0 Å². The van der Waals surface area contributed by atoms with Crippen LogP contribution in [0.4, 0.5) is 0 Å². The van der Waals surface area contributed by atoms with Gasteiger partial charge in [-0.3, -0.25) is 4.79 Å². The van der Waals surface area contributed by atoms with Gasteiger partial charge in [0.25, 0.3) is 0 Å². The Bertz CT molecular complexity index is 555. The van der Waals surface area contributed by atoms with E-state index in [9.17, 15) is 14.8 Å². The Kier molecular flexibility index (Phi) is 7.20. The molecule has 1 amide bonds. The number of likely N-dealkylation sites (tertiary alicyclic amines) is 1. The normalized spacial score (nSPS) is 39.1. The highest BCUT2D eigenvalue weighted by Gasteiger charge is 2.41. The highest BCUT2D eigenvalue weighted by molar-refractivity contribution is 6.43. The van der Waals surface area contributed by atoms with Crippen LogP contribution < -0.4 is 11.1 Å². The van der Waals surface area contributed by atoms with Crippen LogP contribution in [0.2, 0.25) is 5.82 Å². The first kappa shape index (κ1) is 21.6. The molecule has 2 aliphatic carbocycles. The zero-order chi connectivity index (χ0) is 20.4. The topological polar surface area (TPSA) is 98.8 Å². The fourth-order valence-corrected chi connectivity index (χ4v) is 6.81. The van der Waals surface area contributed by atoms with Gasteiger partial charge in [0.05, 0.1) is 6.04 Å². The van der Waals surface area contributed by atoms with Gasteiger partial charge in [-0.1, -0.05) is 19.3 Å². The van der Waals surface area contributed by atoms with Crippen LogP contribution in [0.1, 0.15) is 70.6 Å². The Balaban J connectivity index is 1.24. The van der Waals surface area contributed by atoms with E-state index in [0.717, 1.165) is 82.3 Å². The first-order valence-electron chi connectivity index (χ1n) is 12.2. The third kappa shape index (κ3) is 5.00. The molecule has 7 heteroatoms. The van der Waals surface area contributed by atoms with Gasteiger partial charge in [0.1, 0.15) is 0 Å². The Morgan fingerprint density at radius 2 is 1.72 bits per heavy atom. The third-order valence-corrected chi connectivity index (χ3v) is 8.66. The molecule has 5 N–H and O–H groups in total. The first-order chi connectivity index (χ1) is 14.0. The van der Waals surface area contributed by atoms with Crippen LogP contribution in [-0.2, 0) is 4.79 Å². The molecule has 164 valence electrons. The second kappa shape index (κ2) is 9.67. The van der Waals surface area contributed by atoms with Crippen LogP contribution in [-0.4, -0.2) is 59.7 Å². The third-order valence-electron chi connectivity index (χ3n) is 8.66. The lowest BCUT2D eigenvalue weighted by molar-refractivity contribution is -0.136. The highest BCUT2D eigenvalue weighted by atomic mass is 16.4. The van der Waals surface area contributed by atoms with Gasteiger partial charge in [0.2, 0.25) is 5.91 Å². The van der Waals surface area contributed by atoms with E-state index in [1.807, 2.05) is 0 Å². The van der Waals surface area contributed by atoms with Gasteiger partial charge >= 0.3 is 7.12 Å². The number of rotatable bonds is 4. The Morgan fingerprint density at radius 1 is 0.931 bits per heavy atom. The second-order valence-corrected chi connectivity index (χ2v) is 10.3. The standard InChI is InChI=1S/C22H40BN3O3/c24-14-15-2-1-3-17(12-15)16-8-10-26(11-9-16)22(27)21-6-4-18-13-19(23(28)29)5-7-20(18)25-21/h15-21,25,28-29H,1-14,24H2. The molecular formula is C22H40BN3O3. The Morgan fingerprint density at radius 3 is 2.45 bits per heavy atom. The van der Waals surface area contributed by atoms with Crippen molar-refractivity contribution in [2.75, 3.05) is 19.6 Å². The van der Waals surface area contributed by atoms with Crippen LogP contribution >= 0.6 is 0 Å². The molecule has 0 radical (unpaired) electrons. The Hall–Kier alpha value is -0.625. The van der Waals surface area contributed by atoms with E-state index in [-0.39, 0.29) is 11.9 Å². The monoisotopic (exact) mass is 405 g/mol. The molecule has 0 spiro atoms. The van der Waals surface area contributed by atoms with Crippen molar-refractivity contribution in [3.05, 3.63) is 0 Å². The summed E-state index contributed by atoms with van der Waals surface area (Å²) in [6, 6.07) is 0.320. The van der Waals surface area contributed by atoms with Crippen LogP contribution in [0.15, 0.2) is 0 Å². The molecule has 6 nitrogen and oxygen atoms in total. The number of carbonyl (C=O) groups excluding carboxylic acids is 1. The van der Waals surface area contributed by atoms with Crippen molar-refractivity contribution in [2.24, 2.45) is 29.4 Å². The fourth-order valence-electron chi connectivity index (χ4n) is 6.81. The molecule has 0 aromatic carbocycles. The molecule has 0 aromatic rings. The quantitative estimate of drug-likeness (QED) is 0.535. The summed E-state index contributed by atoms with van der Waals surface area (Å²) < 4.78 is 0. The van der Waals surface area contributed by atoms with E-state index in [4.69, 9.17) is 5.73 Å². The average molecular weight is 405 g/mol. The summed E-state index contributed by atoms with van der Waals surface area (Å²) in [5, 5.41) is 22.6. The molecule has 0 bridgehead atoms. The number of hydrogen-bond donors (Lipinski definition) is 4. The van der Waals surface area contributed by atoms with Crippen LogP contribution in [0, 0.1) is 23.7 Å². The lowest BCUT2D eigenvalue weighted by Crippen LogP contribution is -2.57. The van der Waals surface area contributed by atoms with Crippen LogP contribution in [0.3, 0.4) is 0 Å². The van der Waals surface area contributed by atoms with Crippen molar-refractivity contribution in [2.45, 2.75) is 88.5 Å². The molecule has 0 aromatic heterocycles. The number of amides is 1. The molecule has 4 aliphatic rings. The summed E-state index contributed by atoms with van der Waals surface area (Å²) in [5.74, 6) is 3.09. The van der Waals surface area contributed by atoms with Gasteiger partial charge in [-0.15, -0.1) is 0 Å². The van der Waals surface area contributed by atoms with Gasteiger partial charge < -0.3 is 26.0 Å². The molecule has 4 fully saturated rings. The summed E-state index contributed by atoms with van der Waals surface area (Å²) in [7, 11) is -1.19. The number of hydrogen-bond acceptors (Lipinski definition) is 5. The van der Waals surface area contributed by atoms with Gasteiger partial charge in [-0.05, 0) is 87.4 Å². The van der Waals surface area contributed by atoms with E-state index < -0.39 is 7.12 Å². The molecule has 2 heterocycles. The van der Waals surface area contributed by atoms with E-state index in [1.165, 1.54) is 25.7 Å². The van der Waals surface area contributed by atoms with E-state index in [1.54, 1.807) is 0 Å². The minimum absolute atomic E-state index is 0.00276. The molecular weight excluding hydrogens is 365 g/mol. The first-order valence-corrected chi connectivity index (χ1v) is 12.2. The number of fused-ring (bicyclic) bond motifs is 1. The van der Waals surface area contributed by atoms with Crippen molar-refractivity contribution in [1.82, 2.24) is 10.2 Å². The predicted molar refractivity (Wildman–Crippen MR) is 115 cm³/mol. The maximum Gasteiger partial charge on any atom is 0.454 e. The van der Waals surface area contributed by atoms with Gasteiger partial charge in [-0.25, -0.2) is 0 Å². The van der Waals surface area contributed by atoms with Crippen molar-refractivity contribution < 1.29 is 14.8 Å². The van der Waals surface area contributed by atoms with Crippen molar-refractivity contribution in [1.29, 1.82) is 0 Å². The largest absolute Gasteiger partial charge is 0.454 e. The van der Waals surface area contributed by atoms with E-state index in [0.29, 0.717) is 17.9 Å². The lowest BCUT2D eigenvalue weighted by Gasteiger charge is -2.44. The van der Waals surface area contributed by atoms with Crippen molar-refractivity contribution >= 4 is 13.0 Å². The maximum absolute atomic E-state index is 13.1. The smallest absolute Gasteiger partial charge is 0.427 e. The lowest BCUT2D eigenvalue weighted by atomic mass is 9.60. The van der Waals surface area contributed by atoms with Crippen molar-refractivity contribution in [3.8, 4) is 0 Å². The zero-order valence-electron chi connectivity index (χ0n) is 17.8. The molecule has 2 saturated heterocycles. The molecule has 6 unspecified atom stereocenters. The summed E-state index contributed by atoms with van der Waals surface area (Å²) >= 11 is 0. The molecule has 2 saturated carbocycles. The maximum atomic E-state index is 13.1. The Labute approximate surface area is 176 Å². The van der Waals surface area contributed by atoms with E-state index in [2.05, 4.69) is 10.2 Å². The number of nitrogens with two attached hydrogens (primary N) is 1. The average Bonchev–Trinajstić information content (AvgIpc) is 2.78. The van der Waals surface area contributed by atoms with Gasteiger partial charge in [0.15, 0.2) is 0 Å². The SMILES string of the molecule is NCC1CCCC(C2CCN(C(=O)C3CCC4CC(B(O)O)CCC4N3)CC2)C1. The van der Waals surface area contributed by atoms with Gasteiger partial charge in [0, 0.05) is 19.1 Å². The highest BCUT2D eigenvalue weighted by Crippen LogP contribution is 2.40. The predicted octanol–water partition coefficient (Wildman–Crippen LogP) is 1.75. The number of carbonyl (C=O) groups is 1. The number of nitrogens with one attached hydrogen (secondary N) is 1. The zero-order valence-corrected chi connectivity index (χ0v) is 17.8. The number of nitrogens with zero attached hydrogens (tertiary/aromatic N) is 1. The van der Waals surface area contributed by atoms with Crippen LogP contribution in [0.5, 0.6) is 0 Å².